The molecular formula is C22H24N2O3. The highest BCUT2D eigenvalue weighted by Gasteiger charge is 2.35. The van der Waals surface area contributed by atoms with Crippen molar-refractivity contribution in [2.75, 3.05) is 26.7 Å². The summed E-state index contributed by atoms with van der Waals surface area (Å²) in [5.74, 6) is 1.00. The van der Waals surface area contributed by atoms with Crippen LogP contribution in [0.4, 0.5) is 0 Å². The van der Waals surface area contributed by atoms with Gasteiger partial charge in [0.25, 0.3) is 5.91 Å². The largest absolute Gasteiger partial charge is 0.491 e. The Morgan fingerprint density at radius 3 is 2.41 bits per heavy atom. The lowest BCUT2D eigenvalue weighted by Gasteiger charge is -2.29. The van der Waals surface area contributed by atoms with E-state index in [2.05, 4.69) is 6.92 Å². The van der Waals surface area contributed by atoms with Gasteiger partial charge in [0, 0.05) is 24.7 Å². The van der Waals surface area contributed by atoms with Crippen LogP contribution in [0.3, 0.4) is 0 Å². The van der Waals surface area contributed by atoms with Crippen molar-refractivity contribution in [2.24, 2.45) is 5.92 Å². The SMILES string of the molecule is C[C@@H]1C[C@H]2COc3ccccc3-c3ccccc3C(=O)N(C)CC(=O)N2C1. The molecule has 0 radical (unpaired) electrons. The Morgan fingerprint density at radius 1 is 0.963 bits per heavy atom. The van der Waals surface area contributed by atoms with Gasteiger partial charge in [0.1, 0.15) is 12.4 Å². The summed E-state index contributed by atoms with van der Waals surface area (Å²) in [6.07, 6.45) is 0.919. The number of para-hydroxylation sites is 1. The maximum Gasteiger partial charge on any atom is 0.254 e. The number of fused-ring (bicyclic) bond motifs is 4. The van der Waals surface area contributed by atoms with Gasteiger partial charge in [-0.25, -0.2) is 0 Å². The van der Waals surface area contributed by atoms with Crippen LogP contribution in [0.1, 0.15) is 23.7 Å². The van der Waals surface area contributed by atoms with Gasteiger partial charge < -0.3 is 14.5 Å². The van der Waals surface area contributed by atoms with Crippen LogP contribution in [0.25, 0.3) is 11.1 Å². The summed E-state index contributed by atoms with van der Waals surface area (Å²) in [7, 11) is 1.69. The lowest BCUT2D eigenvalue weighted by atomic mass is 9.98. The molecule has 2 atom stereocenters. The van der Waals surface area contributed by atoms with Gasteiger partial charge in [0.15, 0.2) is 0 Å². The van der Waals surface area contributed by atoms with E-state index in [9.17, 15) is 9.59 Å². The van der Waals surface area contributed by atoms with Crippen LogP contribution in [-0.4, -0.2) is 54.4 Å². The van der Waals surface area contributed by atoms with E-state index in [1.807, 2.05) is 53.4 Å². The van der Waals surface area contributed by atoms with E-state index in [4.69, 9.17) is 4.74 Å². The Bertz CT molecular complexity index is 879. The normalized spacial score (nSPS) is 22.9. The van der Waals surface area contributed by atoms with Gasteiger partial charge in [-0.2, -0.15) is 0 Å². The Morgan fingerprint density at radius 2 is 1.63 bits per heavy atom. The highest BCUT2D eigenvalue weighted by atomic mass is 16.5. The predicted octanol–water partition coefficient (Wildman–Crippen LogP) is 3.06. The average Bonchev–Trinajstić information content (AvgIpc) is 3.06. The quantitative estimate of drug-likeness (QED) is 0.722. The summed E-state index contributed by atoms with van der Waals surface area (Å²) in [6.45, 7) is 3.41. The number of hydrogen-bond donors (Lipinski definition) is 0. The zero-order valence-corrected chi connectivity index (χ0v) is 15.7. The summed E-state index contributed by atoms with van der Waals surface area (Å²) in [5, 5.41) is 0. The fourth-order valence-corrected chi connectivity index (χ4v) is 4.09. The number of carbonyl (C=O) groups excluding carboxylic acids is 2. The maximum absolute atomic E-state index is 13.1. The Labute approximate surface area is 159 Å². The fourth-order valence-electron chi connectivity index (χ4n) is 4.09. The second kappa shape index (κ2) is 7.06. The fraction of sp³-hybridized carbons (Fsp3) is 0.364. The first-order valence-corrected chi connectivity index (χ1v) is 9.40. The molecule has 140 valence electrons. The minimum absolute atomic E-state index is 0.0184. The minimum atomic E-state index is -0.155. The van der Waals surface area contributed by atoms with E-state index >= 15 is 0 Å². The van der Waals surface area contributed by atoms with Crippen molar-refractivity contribution in [3.05, 3.63) is 54.1 Å². The molecule has 2 amide bonds. The lowest BCUT2D eigenvalue weighted by molar-refractivity contribution is -0.133. The van der Waals surface area contributed by atoms with Gasteiger partial charge >= 0.3 is 0 Å². The summed E-state index contributed by atoms with van der Waals surface area (Å²) in [5.41, 5.74) is 2.31. The van der Waals surface area contributed by atoms with Crippen LogP contribution in [0.2, 0.25) is 0 Å². The molecule has 5 nitrogen and oxygen atoms in total. The maximum atomic E-state index is 13.1. The lowest BCUT2D eigenvalue weighted by Crippen LogP contribution is -2.45. The standard InChI is InChI=1S/C22H24N2O3/c1-15-11-16-14-27-20-10-6-5-8-18(20)17-7-3-4-9-19(17)22(26)23(2)13-21(25)24(16)12-15/h3-10,15-16H,11-14H2,1-2H3/t15-,16+/m1/s1. The zero-order chi connectivity index (χ0) is 19.0. The molecule has 0 aromatic heterocycles. The number of carbonyl (C=O) groups is 2. The highest BCUT2D eigenvalue weighted by molar-refractivity contribution is 6.02. The van der Waals surface area contributed by atoms with E-state index in [0.717, 1.165) is 23.3 Å². The molecule has 0 saturated carbocycles. The second-order valence-electron chi connectivity index (χ2n) is 7.55. The van der Waals surface area contributed by atoms with E-state index in [0.29, 0.717) is 24.6 Å². The van der Waals surface area contributed by atoms with E-state index in [1.165, 1.54) is 4.90 Å². The molecule has 5 heteroatoms. The van der Waals surface area contributed by atoms with Crippen LogP contribution >= 0.6 is 0 Å². The van der Waals surface area contributed by atoms with Crippen molar-refractivity contribution in [1.82, 2.24) is 9.80 Å². The molecule has 0 aliphatic carbocycles. The van der Waals surface area contributed by atoms with Crippen molar-refractivity contribution < 1.29 is 14.3 Å². The van der Waals surface area contributed by atoms with Crippen molar-refractivity contribution in [3.63, 3.8) is 0 Å². The van der Waals surface area contributed by atoms with Gasteiger partial charge in [-0.05, 0) is 30.0 Å². The first-order valence-electron chi connectivity index (χ1n) is 9.40. The molecule has 0 bridgehead atoms. The summed E-state index contributed by atoms with van der Waals surface area (Å²) < 4.78 is 6.17. The zero-order valence-electron chi connectivity index (χ0n) is 15.7. The Hall–Kier alpha value is -2.82. The molecule has 1 fully saturated rings. The number of likely N-dealkylation sites (N-methyl/N-ethyl adjacent to an activating group) is 1. The average molecular weight is 364 g/mol. The number of ether oxygens (including phenoxy) is 1. The third kappa shape index (κ3) is 3.29. The first kappa shape index (κ1) is 17.6. The number of benzene rings is 2. The van der Waals surface area contributed by atoms with Crippen molar-refractivity contribution in [1.29, 1.82) is 0 Å². The highest BCUT2D eigenvalue weighted by Crippen LogP contribution is 2.34. The van der Waals surface area contributed by atoms with Crippen LogP contribution in [0, 0.1) is 5.92 Å². The molecule has 0 unspecified atom stereocenters. The van der Waals surface area contributed by atoms with Gasteiger partial charge in [-0.1, -0.05) is 43.3 Å². The first-order chi connectivity index (χ1) is 13.0. The third-order valence-electron chi connectivity index (χ3n) is 5.43. The van der Waals surface area contributed by atoms with Crippen LogP contribution < -0.4 is 4.74 Å². The van der Waals surface area contributed by atoms with Gasteiger partial charge in [0.05, 0.1) is 12.6 Å². The van der Waals surface area contributed by atoms with Crippen LogP contribution in [0.15, 0.2) is 48.5 Å². The van der Waals surface area contributed by atoms with Gasteiger partial charge in [-0.3, -0.25) is 9.59 Å². The number of hydrogen-bond acceptors (Lipinski definition) is 3. The summed E-state index contributed by atoms with van der Waals surface area (Å²) >= 11 is 0. The number of nitrogens with zero attached hydrogens (tertiary/aromatic N) is 2. The van der Waals surface area contributed by atoms with Crippen LogP contribution in [-0.2, 0) is 4.79 Å². The van der Waals surface area contributed by atoms with E-state index in [1.54, 1.807) is 7.05 Å². The molecule has 2 aliphatic heterocycles. The Kier molecular flexibility index (Phi) is 4.60. The van der Waals surface area contributed by atoms with E-state index in [-0.39, 0.29) is 24.4 Å². The monoisotopic (exact) mass is 364 g/mol. The van der Waals surface area contributed by atoms with Gasteiger partial charge in [0.2, 0.25) is 5.91 Å². The molecule has 4 rings (SSSR count). The molecular weight excluding hydrogens is 340 g/mol. The molecule has 2 aromatic carbocycles. The summed E-state index contributed by atoms with van der Waals surface area (Å²) in [6, 6.07) is 15.3. The van der Waals surface area contributed by atoms with Crippen molar-refractivity contribution in [3.8, 4) is 16.9 Å². The molecule has 1 saturated heterocycles. The third-order valence-corrected chi connectivity index (χ3v) is 5.43. The number of rotatable bonds is 0. The topological polar surface area (TPSA) is 49.9 Å². The molecule has 27 heavy (non-hydrogen) atoms. The van der Waals surface area contributed by atoms with Crippen LogP contribution in [0.5, 0.6) is 5.75 Å². The van der Waals surface area contributed by atoms with Crippen molar-refractivity contribution in [2.45, 2.75) is 19.4 Å². The smallest absolute Gasteiger partial charge is 0.254 e. The van der Waals surface area contributed by atoms with Gasteiger partial charge in [-0.15, -0.1) is 0 Å². The summed E-state index contributed by atoms with van der Waals surface area (Å²) in [4.78, 5) is 29.3. The number of amides is 2. The molecule has 2 heterocycles. The second-order valence-corrected chi connectivity index (χ2v) is 7.55. The molecule has 0 N–H and O–H groups in total. The molecule has 2 aliphatic rings. The molecule has 0 spiro atoms. The van der Waals surface area contributed by atoms with Crippen molar-refractivity contribution >= 4 is 11.8 Å². The predicted molar refractivity (Wildman–Crippen MR) is 104 cm³/mol. The Balaban J connectivity index is 1.81. The molecule has 2 aromatic rings. The van der Waals surface area contributed by atoms with E-state index < -0.39 is 0 Å². The minimum Gasteiger partial charge on any atom is -0.491 e.